The number of carbonyl (C=O) groups excluding carboxylic acids is 3. The van der Waals surface area contributed by atoms with E-state index in [0.29, 0.717) is 19.3 Å². The van der Waals surface area contributed by atoms with Crippen molar-refractivity contribution in [1.29, 1.82) is 0 Å². The lowest BCUT2D eigenvalue weighted by Crippen LogP contribution is -2.30. The van der Waals surface area contributed by atoms with Gasteiger partial charge in [0.05, 0.1) is 0 Å². The van der Waals surface area contributed by atoms with Crippen molar-refractivity contribution in [3.8, 4) is 0 Å². The maximum absolute atomic E-state index is 12.8. The summed E-state index contributed by atoms with van der Waals surface area (Å²) in [5.41, 5.74) is 0. The Labute approximate surface area is 414 Å². The van der Waals surface area contributed by atoms with Crippen LogP contribution in [0, 0.1) is 0 Å². The molecule has 67 heavy (non-hydrogen) atoms. The molecule has 0 radical (unpaired) electrons. The normalized spacial score (nSPS) is 12.6. The number of ether oxygens (including phenoxy) is 3. The Morgan fingerprint density at radius 2 is 0.612 bits per heavy atom. The van der Waals surface area contributed by atoms with Crippen molar-refractivity contribution in [2.45, 2.75) is 284 Å². The third-order valence-corrected chi connectivity index (χ3v) is 12.2. The second-order valence-corrected chi connectivity index (χ2v) is 18.8. The van der Waals surface area contributed by atoms with Gasteiger partial charge in [-0.1, -0.05) is 254 Å². The van der Waals surface area contributed by atoms with Crippen LogP contribution in [0.25, 0.3) is 0 Å². The van der Waals surface area contributed by atoms with Gasteiger partial charge in [-0.2, -0.15) is 0 Å². The minimum Gasteiger partial charge on any atom is -0.462 e. The van der Waals surface area contributed by atoms with Crippen molar-refractivity contribution < 1.29 is 28.6 Å². The predicted molar refractivity (Wildman–Crippen MR) is 288 cm³/mol. The summed E-state index contributed by atoms with van der Waals surface area (Å²) in [6, 6.07) is 0. The van der Waals surface area contributed by atoms with Crippen LogP contribution in [0.15, 0.2) is 72.9 Å². The Morgan fingerprint density at radius 1 is 0.313 bits per heavy atom. The molecule has 0 rings (SSSR count). The monoisotopic (exact) mass is 935 g/mol. The Hall–Kier alpha value is -3.15. The lowest BCUT2D eigenvalue weighted by molar-refractivity contribution is -0.167. The molecule has 0 unspecified atom stereocenters. The molecule has 0 spiro atoms. The highest BCUT2D eigenvalue weighted by Crippen LogP contribution is 2.16. The molecule has 0 bridgehead atoms. The summed E-state index contributed by atoms with van der Waals surface area (Å²) < 4.78 is 16.8. The highest BCUT2D eigenvalue weighted by molar-refractivity contribution is 5.71. The van der Waals surface area contributed by atoms with Crippen molar-refractivity contribution in [2.75, 3.05) is 13.2 Å². The maximum Gasteiger partial charge on any atom is 0.306 e. The number of hydrogen-bond donors (Lipinski definition) is 0. The molecule has 0 amide bonds. The van der Waals surface area contributed by atoms with Crippen molar-refractivity contribution in [1.82, 2.24) is 0 Å². The summed E-state index contributed by atoms with van der Waals surface area (Å²) in [5.74, 6) is -0.957. The van der Waals surface area contributed by atoms with Crippen LogP contribution in [0.2, 0.25) is 0 Å². The molecule has 0 aliphatic rings. The fourth-order valence-corrected chi connectivity index (χ4v) is 7.93. The zero-order chi connectivity index (χ0) is 48.6. The van der Waals surface area contributed by atoms with Gasteiger partial charge in [0.25, 0.3) is 0 Å². The van der Waals surface area contributed by atoms with Gasteiger partial charge < -0.3 is 14.2 Å². The average molecular weight is 936 g/mol. The molecule has 0 aliphatic carbocycles. The summed E-state index contributed by atoms with van der Waals surface area (Å²) in [5, 5.41) is 0. The van der Waals surface area contributed by atoms with Crippen molar-refractivity contribution in [2.24, 2.45) is 0 Å². The van der Waals surface area contributed by atoms with E-state index in [0.717, 1.165) is 83.5 Å². The molecule has 0 aromatic heterocycles. The first-order chi connectivity index (χ1) is 33.0. The van der Waals surface area contributed by atoms with Crippen LogP contribution in [0.4, 0.5) is 0 Å². The third-order valence-electron chi connectivity index (χ3n) is 12.2. The molecule has 386 valence electrons. The molecule has 0 aromatic carbocycles. The van der Waals surface area contributed by atoms with E-state index in [1.165, 1.54) is 148 Å². The summed E-state index contributed by atoms with van der Waals surface area (Å²) in [6.45, 7) is 6.45. The number of carbonyl (C=O) groups is 3. The standard InChI is InChI=1S/C61H106O6/c1-4-7-10-13-16-19-22-24-26-28-29-30-31-33-35-37-40-43-46-49-52-55-61(64)67-58(56-65-59(62)53-50-47-44-41-38-21-18-15-12-9-6-3)57-66-60(63)54-51-48-45-42-39-36-34-32-27-25-23-20-17-14-11-8-5-2/h8,11,15,17-18,20,25,27,34,36,42,45,58H,4-7,9-10,12-14,16,19,21-24,26,28-33,35,37-41,43-44,46-57H2,1-3H3/b11-8-,18-15-,20-17-,27-25-,36-34-,45-42-/t58-/m0/s1. The fourth-order valence-electron chi connectivity index (χ4n) is 7.93. The second-order valence-electron chi connectivity index (χ2n) is 18.8. The molecular formula is C61H106O6. The largest absolute Gasteiger partial charge is 0.462 e. The van der Waals surface area contributed by atoms with Crippen molar-refractivity contribution >= 4 is 17.9 Å². The topological polar surface area (TPSA) is 78.9 Å². The molecule has 6 heteroatoms. The average Bonchev–Trinajstić information content (AvgIpc) is 3.33. The van der Waals surface area contributed by atoms with E-state index in [9.17, 15) is 14.4 Å². The number of rotatable bonds is 51. The van der Waals surface area contributed by atoms with Crippen molar-refractivity contribution in [3.05, 3.63) is 72.9 Å². The Bertz CT molecular complexity index is 1260. The number of allylic oxidation sites excluding steroid dienone is 12. The van der Waals surface area contributed by atoms with Crippen LogP contribution < -0.4 is 0 Å². The van der Waals surface area contributed by atoms with E-state index in [1.807, 2.05) is 0 Å². The van der Waals surface area contributed by atoms with Crippen LogP contribution in [0.5, 0.6) is 0 Å². The second kappa shape index (κ2) is 55.4. The quantitative estimate of drug-likeness (QED) is 0.0262. The molecule has 0 aromatic rings. The summed E-state index contributed by atoms with van der Waals surface area (Å²) >= 11 is 0. The SMILES string of the molecule is CC/C=C\C/C=C\C/C=C\C/C=C\C/C=C\CCCC(=O)OC[C@H](COC(=O)CCCCCCC/C=C\CCCC)OC(=O)CCCCCCCCCCCCCCCCCCCCCCC. The third kappa shape index (κ3) is 53.7. The molecule has 0 saturated carbocycles. The maximum atomic E-state index is 12.8. The van der Waals surface area contributed by atoms with E-state index in [1.54, 1.807) is 0 Å². The van der Waals surface area contributed by atoms with Gasteiger partial charge in [-0.05, 0) is 77.0 Å². The molecule has 0 aliphatic heterocycles. The highest BCUT2D eigenvalue weighted by atomic mass is 16.6. The van der Waals surface area contributed by atoms with Crippen LogP contribution in [0.1, 0.15) is 278 Å². The highest BCUT2D eigenvalue weighted by Gasteiger charge is 2.19. The van der Waals surface area contributed by atoms with Crippen LogP contribution in [-0.4, -0.2) is 37.2 Å². The minimum absolute atomic E-state index is 0.0957. The minimum atomic E-state index is -0.799. The van der Waals surface area contributed by atoms with Gasteiger partial charge in [-0.15, -0.1) is 0 Å². The van der Waals surface area contributed by atoms with Gasteiger partial charge in [-0.25, -0.2) is 0 Å². The fraction of sp³-hybridized carbons (Fsp3) is 0.754. The van der Waals surface area contributed by atoms with E-state index < -0.39 is 6.10 Å². The zero-order valence-electron chi connectivity index (χ0n) is 44.2. The first-order valence-electron chi connectivity index (χ1n) is 28.4. The van der Waals surface area contributed by atoms with Gasteiger partial charge in [0, 0.05) is 19.3 Å². The van der Waals surface area contributed by atoms with Crippen LogP contribution in [-0.2, 0) is 28.6 Å². The summed E-state index contributed by atoms with van der Waals surface area (Å²) in [7, 11) is 0. The van der Waals surface area contributed by atoms with Gasteiger partial charge in [0.15, 0.2) is 6.10 Å². The van der Waals surface area contributed by atoms with Gasteiger partial charge in [0.1, 0.15) is 13.2 Å². The number of esters is 3. The van der Waals surface area contributed by atoms with E-state index in [-0.39, 0.29) is 37.5 Å². The molecule has 1 atom stereocenters. The number of unbranched alkanes of at least 4 members (excludes halogenated alkanes) is 28. The van der Waals surface area contributed by atoms with Crippen LogP contribution >= 0.6 is 0 Å². The Balaban J connectivity index is 4.37. The van der Waals surface area contributed by atoms with Gasteiger partial charge in [0.2, 0.25) is 0 Å². The number of hydrogen-bond acceptors (Lipinski definition) is 6. The van der Waals surface area contributed by atoms with Crippen LogP contribution in [0.3, 0.4) is 0 Å². The predicted octanol–water partition coefficient (Wildman–Crippen LogP) is 19.0. The summed E-state index contributed by atoms with van der Waals surface area (Å²) in [4.78, 5) is 38.0. The molecule has 6 nitrogen and oxygen atoms in total. The van der Waals surface area contributed by atoms with E-state index >= 15 is 0 Å². The smallest absolute Gasteiger partial charge is 0.306 e. The van der Waals surface area contributed by atoms with E-state index in [2.05, 4.69) is 93.7 Å². The molecule has 0 heterocycles. The van der Waals surface area contributed by atoms with Gasteiger partial charge in [-0.3, -0.25) is 14.4 Å². The lowest BCUT2D eigenvalue weighted by Gasteiger charge is -2.18. The molecule has 0 N–H and O–H groups in total. The summed E-state index contributed by atoms with van der Waals surface area (Å²) in [6.07, 6.45) is 70.5. The molecule has 0 fully saturated rings. The molecular weight excluding hydrogens is 829 g/mol. The van der Waals surface area contributed by atoms with Crippen molar-refractivity contribution in [3.63, 3.8) is 0 Å². The Kier molecular flexibility index (Phi) is 52.8. The zero-order valence-corrected chi connectivity index (χ0v) is 44.2. The Morgan fingerprint density at radius 3 is 1.03 bits per heavy atom. The van der Waals surface area contributed by atoms with E-state index in [4.69, 9.17) is 14.2 Å². The lowest BCUT2D eigenvalue weighted by atomic mass is 10.0. The first kappa shape index (κ1) is 63.8. The van der Waals surface area contributed by atoms with Gasteiger partial charge >= 0.3 is 17.9 Å². The molecule has 0 saturated heterocycles. The first-order valence-corrected chi connectivity index (χ1v) is 28.4.